The van der Waals surface area contributed by atoms with Gasteiger partial charge in [0.1, 0.15) is 6.10 Å². The number of ether oxygens (including phenoxy) is 1. The fraction of sp³-hybridized carbons (Fsp3) is 0.667. The summed E-state index contributed by atoms with van der Waals surface area (Å²) in [7, 11) is 0. The molecule has 1 aliphatic rings. The van der Waals surface area contributed by atoms with Gasteiger partial charge in [0.25, 0.3) is 0 Å². The van der Waals surface area contributed by atoms with Gasteiger partial charge in [0.15, 0.2) is 0 Å². The highest BCUT2D eigenvalue weighted by atomic mass is 16.6. The summed E-state index contributed by atoms with van der Waals surface area (Å²) >= 11 is 0. The van der Waals surface area contributed by atoms with Gasteiger partial charge < -0.3 is 9.84 Å². The molecule has 0 saturated carbocycles. The summed E-state index contributed by atoms with van der Waals surface area (Å²) in [6, 6.07) is 0. The number of hydrogen-bond acceptors (Lipinski definition) is 3. The minimum Gasteiger partial charge on any atom is -0.460 e. The highest BCUT2D eigenvalue weighted by Gasteiger charge is 2.28. The number of allylic oxidation sites excluding steroid dienone is 1. The zero-order valence-electron chi connectivity index (χ0n) is 7.03. The molecule has 0 aromatic carbocycles. The number of carbonyl (C=O) groups excluding carboxylic acids is 1. The molecule has 0 spiro atoms. The number of aliphatic hydroxyl groups excluding tert-OH is 1. The monoisotopic (exact) mass is 170 g/mol. The SMILES string of the molecule is C=CCC[C@@H](O)[C@@H]1CCC(=O)O1. The van der Waals surface area contributed by atoms with Gasteiger partial charge in [0, 0.05) is 6.42 Å². The maximum atomic E-state index is 10.7. The van der Waals surface area contributed by atoms with E-state index in [9.17, 15) is 9.90 Å². The molecule has 1 rings (SSSR count). The van der Waals surface area contributed by atoms with Crippen LogP contribution in [-0.2, 0) is 9.53 Å². The predicted octanol–water partition coefficient (Wildman–Crippen LogP) is 1.02. The largest absolute Gasteiger partial charge is 0.460 e. The first-order valence-corrected chi connectivity index (χ1v) is 4.22. The summed E-state index contributed by atoms with van der Waals surface area (Å²) in [5.41, 5.74) is 0. The molecular weight excluding hydrogens is 156 g/mol. The highest BCUT2D eigenvalue weighted by molar-refractivity contribution is 5.71. The Kier molecular flexibility index (Phi) is 3.29. The van der Waals surface area contributed by atoms with Gasteiger partial charge in [-0.3, -0.25) is 4.79 Å². The second-order valence-corrected chi connectivity index (χ2v) is 3.00. The molecule has 1 fully saturated rings. The van der Waals surface area contributed by atoms with Crippen molar-refractivity contribution in [3.05, 3.63) is 12.7 Å². The number of cyclic esters (lactones) is 1. The Balaban J connectivity index is 2.27. The number of carbonyl (C=O) groups is 1. The summed E-state index contributed by atoms with van der Waals surface area (Å²) in [5.74, 6) is -0.197. The topological polar surface area (TPSA) is 46.5 Å². The van der Waals surface area contributed by atoms with Crippen LogP contribution in [0.5, 0.6) is 0 Å². The Morgan fingerprint density at radius 2 is 2.58 bits per heavy atom. The van der Waals surface area contributed by atoms with Crippen LogP contribution < -0.4 is 0 Å². The van der Waals surface area contributed by atoms with E-state index in [2.05, 4.69) is 6.58 Å². The first kappa shape index (κ1) is 9.26. The minimum absolute atomic E-state index is 0.197. The second kappa shape index (κ2) is 4.26. The van der Waals surface area contributed by atoms with Crippen LogP contribution in [0.1, 0.15) is 25.7 Å². The molecule has 68 valence electrons. The zero-order chi connectivity index (χ0) is 8.97. The molecule has 1 aliphatic heterocycles. The van der Waals surface area contributed by atoms with Crippen LogP contribution >= 0.6 is 0 Å². The van der Waals surface area contributed by atoms with Gasteiger partial charge in [0.05, 0.1) is 6.10 Å². The van der Waals surface area contributed by atoms with Gasteiger partial charge in [-0.1, -0.05) is 6.08 Å². The molecule has 3 nitrogen and oxygen atoms in total. The standard InChI is InChI=1S/C9H14O3/c1-2-3-4-7(10)8-5-6-9(11)12-8/h2,7-8,10H,1,3-6H2/t7-,8+/m1/s1. The normalized spacial score (nSPS) is 25.1. The number of aliphatic hydroxyl groups is 1. The molecule has 1 saturated heterocycles. The van der Waals surface area contributed by atoms with E-state index in [1.54, 1.807) is 6.08 Å². The average Bonchev–Trinajstić information content (AvgIpc) is 2.47. The molecule has 1 N–H and O–H groups in total. The molecule has 2 atom stereocenters. The van der Waals surface area contributed by atoms with Crippen molar-refractivity contribution in [2.75, 3.05) is 0 Å². The average molecular weight is 170 g/mol. The van der Waals surface area contributed by atoms with Crippen molar-refractivity contribution in [3.8, 4) is 0 Å². The lowest BCUT2D eigenvalue weighted by atomic mass is 10.1. The third kappa shape index (κ3) is 2.34. The van der Waals surface area contributed by atoms with E-state index in [1.807, 2.05) is 0 Å². The smallest absolute Gasteiger partial charge is 0.306 e. The molecule has 1 heterocycles. The maximum Gasteiger partial charge on any atom is 0.306 e. The predicted molar refractivity (Wildman–Crippen MR) is 44.6 cm³/mol. The summed E-state index contributed by atoms with van der Waals surface area (Å²) < 4.78 is 4.90. The molecule has 12 heavy (non-hydrogen) atoms. The van der Waals surface area contributed by atoms with Gasteiger partial charge in [-0.25, -0.2) is 0 Å². The Morgan fingerprint density at radius 1 is 1.83 bits per heavy atom. The van der Waals surface area contributed by atoms with Crippen LogP contribution in [0, 0.1) is 0 Å². The van der Waals surface area contributed by atoms with Crippen LogP contribution in [0.15, 0.2) is 12.7 Å². The third-order valence-electron chi connectivity index (χ3n) is 2.01. The fourth-order valence-electron chi connectivity index (χ4n) is 1.29. The summed E-state index contributed by atoms with van der Waals surface area (Å²) in [6.07, 6.45) is 3.43. The number of hydrogen-bond donors (Lipinski definition) is 1. The van der Waals surface area contributed by atoms with Crippen LogP contribution in [0.4, 0.5) is 0 Å². The van der Waals surface area contributed by atoms with Crippen molar-refractivity contribution in [1.29, 1.82) is 0 Å². The van der Waals surface area contributed by atoms with Gasteiger partial charge in [0.2, 0.25) is 0 Å². The molecular formula is C9H14O3. The molecule has 0 bridgehead atoms. The molecule has 0 amide bonds. The Hall–Kier alpha value is -0.830. The van der Waals surface area contributed by atoms with Gasteiger partial charge >= 0.3 is 5.97 Å². The van der Waals surface area contributed by atoms with E-state index in [0.717, 1.165) is 6.42 Å². The molecule has 0 aromatic heterocycles. The van der Waals surface area contributed by atoms with Crippen LogP contribution in [0.3, 0.4) is 0 Å². The van der Waals surface area contributed by atoms with Crippen LogP contribution in [0.2, 0.25) is 0 Å². The highest BCUT2D eigenvalue weighted by Crippen LogP contribution is 2.19. The van der Waals surface area contributed by atoms with E-state index < -0.39 is 6.10 Å². The van der Waals surface area contributed by atoms with E-state index in [-0.39, 0.29) is 12.1 Å². The van der Waals surface area contributed by atoms with Crippen molar-refractivity contribution in [1.82, 2.24) is 0 Å². The van der Waals surface area contributed by atoms with E-state index >= 15 is 0 Å². The van der Waals surface area contributed by atoms with E-state index in [4.69, 9.17) is 4.74 Å². The van der Waals surface area contributed by atoms with Crippen molar-refractivity contribution < 1.29 is 14.6 Å². The summed E-state index contributed by atoms with van der Waals surface area (Å²) in [4.78, 5) is 10.7. The van der Waals surface area contributed by atoms with E-state index in [0.29, 0.717) is 19.3 Å². The van der Waals surface area contributed by atoms with Crippen molar-refractivity contribution >= 4 is 5.97 Å². The molecule has 0 aromatic rings. The first-order valence-electron chi connectivity index (χ1n) is 4.22. The number of rotatable bonds is 4. The molecule has 0 radical (unpaired) electrons. The van der Waals surface area contributed by atoms with E-state index in [1.165, 1.54) is 0 Å². The quantitative estimate of drug-likeness (QED) is 0.506. The van der Waals surface area contributed by atoms with Crippen molar-refractivity contribution in [2.24, 2.45) is 0 Å². The third-order valence-corrected chi connectivity index (χ3v) is 2.01. The van der Waals surface area contributed by atoms with Gasteiger partial charge in [-0.15, -0.1) is 6.58 Å². The summed E-state index contributed by atoms with van der Waals surface area (Å²) in [5, 5.41) is 9.47. The van der Waals surface area contributed by atoms with Crippen molar-refractivity contribution in [2.45, 2.75) is 37.9 Å². The van der Waals surface area contributed by atoms with Gasteiger partial charge in [-0.05, 0) is 19.3 Å². The number of esters is 1. The lowest BCUT2D eigenvalue weighted by Crippen LogP contribution is -2.25. The Bertz CT molecular complexity index is 177. The molecule has 0 unspecified atom stereocenters. The maximum absolute atomic E-state index is 10.7. The lowest BCUT2D eigenvalue weighted by molar-refractivity contribution is -0.145. The van der Waals surface area contributed by atoms with Crippen LogP contribution in [0.25, 0.3) is 0 Å². The first-order chi connectivity index (χ1) is 5.74. The van der Waals surface area contributed by atoms with Crippen molar-refractivity contribution in [3.63, 3.8) is 0 Å². The van der Waals surface area contributed by atoms with Crippen LogP contribution in [-0.4, -0.2) is 23.3 Å². The summed E-state index contributed by atoms with van der Waals surface area (Å²) in [6.45, 7) is 3.56. The zero-order valence-corrected chi connectivity index (χ0v) is 7.03. The Morgan fingerprint density at radius 3 is 3.08 bits per heavy atom. The lowest BCUT2D eigenvalue weighted by Gasteiger charge is -2.15. The molecule has 3 heteroatoms. The molecule has 0 aliphatic carbocycles. The van der Waals surface area contributed by atoms with Gasteiger partial charge in [-0.2, -0.15) is 0 Å². The fourth-order valence-corrected chi connectivity index (χ4v) is 1.29. The second-order valence-electron chi connectivity index (χ2n) is 3.00. The Labute approximate surface area is 72.0 Å². The minimum atomic E-state index is -0.519.